The molecule has 0 amide bonds. The maximum Gasteiger partial charge on any atom is 0.180 e. The number of fused-ring (bicyclic) bond motifs is 1. The highest BCUT2D eigenvalue weighted by molar-refractivity contribution is 7.91. The molecule has 0 unspecified atom stereocenters. The van der Waals surface area contributed by atoms with Gasteiger partial charge in [-0.15, -0.1) is 0 Å². The van der Waals surface area contributed by atoms with Gasteiger partial charge in [0, 0.05) is 10.9 Å². The average Bonchev–Trinajstić information content (AvgIpc) is 2.88. The zero-order chi connectivity index (χ0) is 14.2. The minimum atomic E-state index is -3.29. The molecule has 0 fully saturated rings. The van der Waals surface area contributed by atoms with Crippen LogP contribution in [0.3, 0.4) is 0 Å². The molecule has 0 aliphatic carbocycles. The van der Waals surface area contributed by atoms with Crippen molar-refractivity contribution >= 4 is 20.7 Å². The first kappa shape index (κ1) is 12.9. The maximum atomic E-state index is 12.5. The third kappa shape index (κ3) is 2.02. The molecule has 0 saturated heterocycles. The summed E-state index contributed by atoms with van der Waals surface area (Å²) < 4.78 is 24.9. The Morgan fingerprint density at radius 3 is 2.30 bits per heavy atom. The number of hydrogen-bond acceptors (Lipinski definition) is 2. The summed E-state index contributed by atoms with van der Waals surface area (Å²) >= 11 is 0. The molecule has 0 aliphatic heterocycles. The number of aromatic nitrogens is 1. The number of rotatable bonds is 3. The molecule has 3 nitrogen and oxygen atoms in total. The van der Waals surface area contributed by atoms with Crippen LogP contribution in [0.4, 0.5) is 0 Å². The van der Waals surface area contributed by atoms with E-state index < -0.39 is 9.84 Å². The largest absolute Gasteiger partial charge is 0.353 e. The maximum absolute atomic E-state index is 12.5. The monoisotopic (exact) mass is 285 g/mol. The van der Waals surface area contributed by atoms with Crippen molar-refractivity contribution < 1.29 is 8.42 Å². The van der Waals surface area contributed by atoms with Crippen LogP contribution in [0.15, 0.2) is 59.5 Å². The average molecular weight is 285 g/mol. The van der Waals surface area contributed by atoms with E-state index in [0.717, 1.165) is 16.5 Å². The van der Waals surface area contributed by atoms with E-state index in [0.29, 0.717) is 10.6 Å². The lowest BCUT2D eigenvalue weighted by atomic mass is 10.1. The summed E-state index contributed by atoms with van der Waals surface area (Å²) in [4.78, 5) is 3.65. The molecule has 4 heteroatoms. The van der Waals surface area contributed by atoms with E-state index in [1.54, 1.807) is 6.92 Å². The van der Waals surface area contributed by atoms with Crippen LogP contribution in [0, 0.1) is 0 Å². The van der Waals surface area contributed by atoms with Crippen molar-refractivity contribution in [1.82, 2.24) is 4.98 Å². The van der Waals surface area contributed by atoms with Crippen molar-refractivity contribution in [3.05, 3.63) is 54.6 Å². The van der Waals surface area contributed by atoms with E-state index in [4.69, 9.17) is 0 Å². The standard InChI is InChI=1S/C16H15NO2S/c1-2-20(18,19)16-13-10-6-7-11-14(13)17-15(16)12-8-4-3-5-9-12/h3-11,17H,2H2,1H3. The smallest absolute Gasteiger partial charge is 0.180 e. The van der Waals surface area contributed by atoms with Crippen molar-refractivity contribution in [2.75, 3.05) is 5.75 Å². The molecule has 0 bridgehead atoms. The molecule has 1 heterocycles. The molecule has 0 atom stereocenters. The van der Waals surface area contributed by atoms with Gasteiger partial charge >= 0.3 is 0 Å². The lowest BCUT2D eigenvalue weighted by molar-refractivity contribution is 0.598. The SMILES string of the molecule is CCS(=O)(=O)c1c(-c2ccccc2)[nH]c2ccccc12. The van der Waals surface area contributed by atoms with Crippen molar-refractivity contribution in [2.45, 2.75) is 11.8 Å². The van der Waals surface area contributed by atoms with Gasteiger partial charge in [0.2, 0.25) is 0 Å². The molecule has 20 heavy (non-hydrogen) atoms. The second kappa shape index (κ2) is 4.80. The number of aromatic amines is 1. The van der Waals surface area contributed by atoms with Gasteiger partial charge in [-0.3, -0.25) is 0 Å². The van der Waals surface area contributed by atoms with Gasteiger partial charge < -0.3 is 4.98 Å². The van der Waals surface area contributed by atoms with Crippen LogP contribution in [0.2, 0.25) is 0 Å². The van der Waals surface area contributed by atoms with Crippen molar-refractivity contribution in [3.8, 4) is 11.3 Å². The Labute approximate surface area is 118 Å². The van der Waals surface area contributed by atoms with E-state index in [1.165, 1.54) is 0 Å². The Kier molecular flexibility index (Phi) is 3.10. The van der Waals surface area contributed by atoms with Gasteiger partial charge in [0.1, 0.15) is 4.90 Å². The van der Waals surface area contributed by atoms with Crippen molar-refractivity contribution in [1.29, 1.82) is 0 Å². The highest BCUT2D eigenvalue weighted by atomic mass is 32.2. The topological polar surface area (TPSA) is 49.9 Å². The zero-order valence-corrected chi connectivity index (χ0v) is 11.9. The molecule has 0 radical (unpaired) electrons. The fourth-order valence-electron chi connectivity index (χ4n) is 2.39. The molecular formula is C16H15NO2S. The number of nitrogens with one attached hydrogen (secondary N) is 1. The second-order valence-corrected chi connectivity index (χ2v) is 6.86. The molecule has 1 N–H and O–H groups in total. The van der Waals surface area contributed by atoms with Crippen LogP contribution < -0.4 is 0 Å². The third-order valence-electron chi connectivity index (χ3n) is 3.41. The number of benzene rings is 2. The van der Waals surface area contributed by atoms with Gasteiger partial charge in [-0.25, -0.2) is 8.42 Å². The molecule has 0 spiro atoms. The van der Waals surface area contributed by atoms with Crippen LogP contribution in [0.1, 0.15) is 6.92 Å². The fourth-order valence-corrected chi connectivity index (χ4v) is 3.67. The van der Waals surface area contributed by atoms with E-state index in [2.05, 4.69) is 4.98 Å². The van der Waals surface area contributed by atoms with E-state index in [-0.39, 0.29) is 5.75 Å². The summed E-state index contributed by atoms with van der Waals surface area (Å²) in [6.45, 7) is 1.67. The van der Waals surface area contributed by atoms with Gasteiger partial charge in [0.25, 0.3) is 0 Å². The highest BCUT2D eigenvalue weighted by Gasteiger charge is 2.23. The van der Waals surface area contributed by atoms with E-state index in [1.807, 2.05) is 54.6 Å². The summed E-state index contributed by atoms with van der Waals surface area (Å²) in [6.07, 6.45) is 0. The molecule has 2 aromatic carbocycles. The Bertz CT molecular complexity index is 849. The van der Waals surface area contributed by atoms with E-state index >= 15 is 0 Å². The minimum absolute atomic E-state index is 0.0919. The molecule has 3 rings (SSSR count). The Hall–Kier alpha value is -2.07. The van der Waals surface area contributed by atoms with Gasteiger partial charge in [-0.1, -0.05) is 55.5 Å². The van der Waals surface area contributed by atoms with Crippen LogP contribution in [-0.2, 0) is 9.84 Å². The first-order valence-electron chi connectivity index (χ1n) is 6.52. The van der Waals surface area contributed by atoms with Crippen molar-refractivity contribution in [2.24, 2.45) is 0 Å². The van der Waals surface area contributed by atoms with Crippen molar-refractivity contribution in [3.63, 3.8) is 0 Å². The van der Waals surface area contributed by atoms with Crippen LogP contribution in [0.5, 0.6) is 0 Å². The van der Waals surface area contributed by atoms with Gasteiger partial charge in [0.05, 0.1) is 11.4 Å². The predicted molar refractivity (Wildman–Crippen MR) is 81.5 cm³/mol. The Morgan fingerprint density at radius 1 is 0.950 bits per heavy atom. The quantitative estimate of drug-likeness (QED) is 0.799. The van der Waals surface area contributed by atoms with Gasteiger partial charge in [-0.05, 0) is 11.6 Å². The van der Waals surface area contributed by atoms with E-state index in [9.17, 15) is 8.42 Å². The molecule has 3 aromatic rings. The van der Waals surface area contributed by atoms with Crippen LogP contribution in [-0.4, -0.2) is 19.2 Å². The van der Waals surface area contributed by atoms with Crippen LogP contribution >= 0.6 is 0 Å². The second-order valence-electron chi connectivity index (χ2n) is 4.64. The summed E-state index contributed by atoms with van der Waals surface area (Å²) in [5, 5.41) is 0.758. The molecule has 1 aromatic heterocycles. The first-order valence-corrected chi connectivity index (χ1v) is 8.17. The predicted octanol–water partition coefficient (Wildman–Crippen LogP) is 3.63. The number of para-hydroxylation sites is 1. The summed E-state index contributed by atoms with van der Waals surface area (Å²) in [5.74, 6) is 0.0919. The number of H-pyrrole nitrogens is 1. The summed E-state index contributed by atoms with van der Waals surface area (Å²) in [5.41, 5.74) is 2.41. The lowest BCUT2D eigenvalue weighted by Crippen LogP contribution is -2.04. The molecule has 0 aliphatic rings. The number of hydrogen-bond donors (Lipinski definition) is 1. The number of sulfone groups is 1. The minimum Gasteiger partial charge on any atom is -0.353 e. The molecule has 102 valence electrons. The summed E-state index contributed by atoms with van der Waals surface area (Å²) in [6, 6.07) is 17.1. The Morgan fingerprint density at radius 2 is 1.60 bits per heavy atom. The highest BCUT2D eigenvalue weighted by Crippen LogP contribution is 2.34. The third-order valence-corrected chi connectivity index (χ3v) is 5.22. The Balaban J connectivity index is 2.41. The van der Waals surface area contributed by atoms with Gasteiger partial charge in [-0.2, -0.15) is 0 Å². The fraction of sp³-hybridized carbons (Fsp3) is 0.125. The van der Waals surface area contributed by atoms with Gasteiger partial charge in [0.15, 0.2) is 9.84 Å². The molecule has 0 saturated carbocycles. The van der Waals surface area contributed by atoms with Crippen LogP contribution in [0.25, 0.3) is 22.2 Å². The lowest BCUT2D eigenvalue weighted by Gasteiger charge is -2.05. The summed E-state index contributed by atoms with van der Waals surface area (Å²) in [7, 11) is -3.29. The zero-order valence-electron chi connectivity index (χ0n) is 11.1. The molecular weight excluding hydrogens is 270 g/mol. The first-order chi connectivity index (χ1) is 9.63. The normalized spacial score (nSPS) is 11.8.